The third-order valence-corrected chi connectivity index (χ3v) is 4.11. The van der Waals surface area contributed by atoms with Crippen LogP contribution in [0.4, 0.5) is 0 Å². The Morgan fingerprint density at radius 2 is 0.967 bits per heavy atom. The average Bonchev–Trinajstić information content (AvgIpc) is 2.74. The molecular weight excluding hydrogens is 386 g/mol. The molecule has 3 rings (SSSR count). The van der Waals surface area contributed by atoms with Gasteiger partial charge < -0.3 is 9.47 Å². The van der Waals surface area contributed by atoms with E-state index in [0.29, 0.717) is 11.1 Å². The first-order valence-corrected chi connectivity index (χ1v) is 8.97. The van der Waals surface area contributed by atoms with Gasteiger partial charge in [-0.3, -0.25) is 9.59 Å². The number of esters is 2. The van der Waals surface area contributed by atoms with Crippen molar-refractivity contribution in [2.45, 2.75) is 13.8 Å². The van der Waals surface area contributed by atoms with Gasteiger partial charge in [-0.25, -0.2) is 14.6 Å². The zero-order valence-electron chi connectivity index (χ0n) is 16.2. The van der Waals surface area contributed by atoms with Gasteiger partial charge >= 0.3 is 11.9 Å². The number of hydrogen-bond acceptors (Lipinski definition) is 7. The lowest BCUT2D eigenvalue weighted by molar-refractivity contribution is 0.0722. The Morgan fingerprint density at radius 3 is 1.30 bits per heavy atom. The molecule has 0 aliphatic carbocycles. The summed E-state index contributed by atoms with van der Waals surface area (Å²) in [7, 11) is 0. The molecule has 0 N–H and O–H groups in total. The van der Waals surface area contributed by atoms with Crippen molar-refractivity contribution >= 4 is 23.5 Å². The minimum Gasteiger partial charge on any atom is -0.422 e. The molecule has 0 aliphatic rings. The van der Waals surface area contributed by atoms with Crippen molar-refractivity contribution in [1.29, 1.82) is 0 Å². The van der Waals surface area contributed by atoms with E-state index in [4.69, 9.17) is 9.47 Å². The largest absolute Gasteiger partial charge is 0.422 e. The molecule has 30 heavy (non-hydrogen) atoms. The maximum absolute atomic E-state index is 12.3. The second kappa shape index (κ2) is 8.91. The standard InChI is InChI=1S/C23H17NO6/c1-14(25)16-6-10-18(11-7-16)29-22(27)20-4-3-5-21(24-20)23(28)30-19-12-8-17(9-13-19)15(2)26/h3-13H,1-2H3. The quantitative estimate of drug-likeness (QED) is 0.349. The summed E-state index contributed by atoms with van der Waals surface area (Å²) in [5.74, 6) is -1.24. The van der Waals surface area contributed by atoms with E-state index in [1.807, 2.05) is 0 Å². The summed E-state index contributed by atoms with van der Waals surface area (Å²) in [5.41, 5.74) is 0.835. The van der Waals surface area contributed by atoms with Crippen molar-refractivity contribution in [3.63, 3.8) is 0 Å². The number of benzene rings is 2. The molecule has 0 bridgehead atoms. The molecule has 0 fully saturated rings. The van der Waals surface area contributed by atoms with Crippen LogP contribution in [0.15, 0.2) is 66.7 Å². The number of ketones is 2. The molecule has 0 unspecified atom stereocenters. The van der Waals surface area contributed by atoms with Gasteiger partial charge in [-0.15, -0.1) is 0 Å². The molecule has 0 radical (unpaired) electrons. The SMILES string of the molecule is CC(=O)c1ccc(OC(=O)c2cccc(C(=O)Oc3ccc(C(C)=O)cc3)n2)cc1. The number of carbonyl (C=O) groups excluding carboxylic acids is 4. The van der Waals surface area contributed by atoms with E-state index in [9.17, 15) is 19.2 Å². The van der Waals surface area contributed by atoms with Gasteiger partial charge in [-0.05, 0) is 74.5 Å². The summed E-state index contributed by atoms with van der Waals surface area (Å²) >= 11 is 0. The van der Waals surface area contributed by atoms with E-state index in [1.165, 1.54) is 56.3 Å². The first-order chi connectivity index (χ1) is 14.3. The van der Waals surface area contributed by atoms with Crippen LogP contribution in [0.1, 0.15) is 55.5 Å². The summed E-state index contributed by atoms with van der Waals surface area (Å²) in [6.07, 6.45) is 0. The number of aromatic nitrogens is 1. The summed E-state index contributed by atoms with van der Waals surface area (Å²) in [5, 5.41) is 0. The highest BCUT2D eigenvalue weighted by atomic mass is 16.5. The predicted molar refractivity (Wildman–Crippen MR) is 107 cm³/mol. The molecule has 7 nitrogen and oxygen atoms in total. The van der Waals surface area contributed by atoms with Gasteiger partial charge in [0.2, 0.25) is 0 Å². The van der Waals surface area contributed by atoms with E-state index in [0.717, 1.165) is 0 Å². The third kappa shape index (κ3) is 5.02. The molecule has 0 atom stereocenters. The summed E-state index contributed by atoms with van der Waals surface area (Å²) in [6, 6.07) is 16.5. The van der Waals surface area contributed by atoms with Gasteiger partial charge in [0.1, 0.15) is 22.9 Å². The van der Waals surface area contributed by atoms with Crippen molar-refractivity contribution in [1.82, 2.24) is 4.98 Å². The van der Waals surface area contributed by atoms with E-state index in [-0.39, 0.29) is 34.5 Å². The van der Waals surface area contributed by atoms with Crippen molar-refractivity contribution in [3.8, 4) is 11.5 Å². The second-order valence-corrected chi connectivity index (χ2v) is 6.35. The molecule has 1 aromatic heterocycles. The van der Waals surface area contributed by atoms with Crippen LogP contribution in [0, 0.1) is 0 Å². The van der Waals surface area contributed by atoms with Crippen LogP contribution in [-0.4, -0.2) is 28.5 Å². The van der Waals surface area contributed by atoms with Gasteiger partial charge in [0.15, 0.2) is 11.6 Å². The molecule has 0 saturated heterocycles. The van der Waals surface area contributed by atoms with Crippen molar-refractivity contribution in [2.75, 3.05) is 0 Å². The average molecular weight is 403 g/mol. The van der Waals surface area contributed by atoms with Crippen LogP contribution in [-0.2, 0) is 0 Å². The molecule has 0 amide bonds. The smallest absolute Gasteiger partial charge is 0.362 e. The summed E-state index contributed by atoms with van der Waals surface area (Å²) < 4.78 is 10.5. The molecule has 3 aromatic rings. The van der Waals surface area contributed by atoms with Crippen LogP contribution < -0.4 is 9.47 Å². The highest BCUT2D eigenvalue weighted by molar-refractivity contribution is 5.95. The monoisotopic (exact) mass is 403 g/mol. The van der Waals surface area contributed by atoms with Gasteiger partial charge in [0.05, 0.1) is 0 Å². The summed E-state index contributed by atoms with van der Waals surface area (Å²) in [6.45, 7) is 2.88. The van der Waals surface area contributed by atoms with Crippen LogP contribution >= 0.6 is 0 Å². The zero-order valence-corrected chi connectivity index (χ0v) is 16.2. The van der Waals surface area contributed by atoms with Crippen LogP contribution in [0.2, 0.25) is 0 Å². The Bertz CT molecular complexity index is 1030. The number of pyridine rings is 1. The molecule has 0 spiro atoms. The molecule has 2 aromatic carbocycles. The minimum atomic E-state index is -0.758. The maximum atomic E-state index is 12.3. The van der Waals surface area contributed by atoms with Gasteiger partial charge in [0.25, 0.3) is 0 Å². The van der Waals surface area contributed by atoms with Gasteiger partial charge in [-0.2, -0.15) is 0 Å². The Hall–Kier alpha value is -4.13. The number of ether oxygens (including phenoxy) is 2. The van der Waals surface area contributed by atoms with E-state index >= 15 is 0 Å². The predicted octanol–water partition coefficient (Wildman–Crippen LogP) is 3.93. The van der Waals surface area contributed by atoms with Crippen molar-refractivity contribution in [3.05, 3.63) is 89.2 Å². The summed E-state index contributed by atoms with van der Waals surface area (Å²) in [4.78, 5) is 51.3. The Morgan fingerprint density at radius 1 is 0.600 bits per heavy atom. The number of rotatable bonds is 6. The Balaban J connectivity index is 1.69. The second-order valence-electron chi connectivity index (χ2n) is 6.35. The topological polar surface area (TPSA) is 99.6 Å². The van der Waals surface area contributed by atoms with Gasteiger partial charge in [0, 0.05) is 11.1 Å². The minimum absolute atomic E-state index is 0.0768. The maximum Gasteiger partial charge on any atom is 0.362 e. The molecule has 7 heteroatoms. The van der Waals surface area contributed by atoms with Crippen molar-refractivity contribution < 1.29 is 28.7 Å². The Labute approximate surface area is 172 Å². The lowest BCUT2D eigenvalue weighted by atomic mass is 10.1. The van der Waals surface area contributed by atoms with E-state index in [1.54, 1.807) is 24.3 Å². The molecule has 1 heterocycles. The number of nitrogens with zero attached hydrogens (tertiary/aromatic N) is 1. The van der Waals surface area contributed by atoms with E-state index < -0.39 is 11.9 Å². The van der Waals surface area contributed by atoms with Crippen LogP contribution in [0.25, 0.3) is 0 Å². The molecular formula is C23H17NO6. The highest BCUT2D eigenvalue weighted by Gasteiger charge is 2.16. The van der Waals surface area contributed by atoms with Gasteiger partial charge in [-0.1, -0.05) is 6.07 Å². The molecule has 150 valence electrons. The van der Waals surface area contributed by atoms with Crippen molar-refractivity contribution in [2.24, 2.45) is 0 Å². The Kier molecular flexibility index (Phi) is 6.12. The van der Waals surface area contributed by atoms with Crippen LogP contribution in [0.5, 0.6) is 11.5 Å². The fourth-order valence-corrected chi connectivity index (χ4v) is 2.50. The highest BCUT2D eigenvalue weighted by Crippen LogP contribution is 2.16. The van der Waals surface area contributed by atoms with E-state index in [2.05, 4.69) is 4.98 Å². The number of hydrogen-bond donors (Lipinski definition) is 0. The first kappa shape index (κ1) is 20.6. The number of carbonyl (C=O) groups is 4. The lowest BCUT2D eigenvalue weighted by Crippen LogP contribution is -2.16. The zero-order chi connectivity index (χ0) is 21.7. The molecule has 0 saturated carbocycles. The third-order valence-electron chi connectivity index (χ3n) is 4.11. The fraction of sp³-hybridized carbons (Fsp3) is 0.0870. The number of Topliss-reactive ketones (excluding diaryl/α,β-unsaturated/α-hetero) is 2. The normalized spacial score (nSPS) is 10.2. The fourth-order valence-electron chi connectivity index (χ4n) is 2.50. The first-order valence-electron chi connectivity index (χ1n) is 8.97. The molecule has 0 aliphatic heterocycles. The van der Waals surface area contributed by atoms with Crippen LogP contribution in [0.3, 0.4) is 0 Å². The lowest BCUT2D eigenvalue weighted by Gasteiger charge is -2.07.